The topological polar surface area (TPSA) is 77.8 Å². The zero-order chi connectivity index (χ0) is 20.3. The van der Waals surface area contributed by atoms with Gasteiger partial charge in [0.25, 0.3) is 5.91 Å². The van der Waals surface area contributed by atoms with Gasteiger partial charge < -0.3 is 15.1 Å². The molecular formula is C23H25NO4. The van der Waals surface area contributed by atoms with Crippen LogP contribution in [0.1, 0.15) is 37.4 Å². The minimum atomic E-state index is -0.650. The van der Waals surface area contributed by atoms with Gasteiger partial charge in [-0.3, -0.25) is 9.59 Å². The number of hydrogen-bond donors (Lipinski definition) is 2. The maximum atomic E-state index is 12.8. The molecule has 2 aromatic rings. The van der Waals surface area contributed by atoms with Crippen LogP contribution >= 0.6 is 0 Å². The van der Waals surface area contributed by atoms with E-state index in [9.17, 15) is 19.8 Å². The van der Waals surface area contributed by atoms with Gasteiger partial charge in [0.15, 0.2) is 11.5 Å². The Morgan fingerprint density at radius 2 is 1.68 bits per heavy atom. The van der Waals surface area contributed by atoms with E-state index in [1.54, 1.807) is 17.0 Å². The molecule has 1 unspecified atom stereocenters. The van der Waals surface area contributed by atoms with E-state index in [1.165, 1.54) is 12.1 Å². The van der Waals surface area contributed by atoms with Gasteiger partial charge in [-0.05, 0) is 35.6 Å². The van der Waals surface area contributed by atoms with Gasteiger partial charge in [-0.25, -0.2) is 0 Å². The largest absolute Gasteiger partial charge is 0.508 e. The third kappa shape index (κ3) is 4.09. The smallest absolute Gasteiger partial charge is 0.290 e. The van der Waals surface area contributed by atoms with Crippen molar-refractivity contribution < 1.29 is 19.8 Å². The number of aliphatic hydroxyl groups excluding tert-OH is 1. The lowest BCUT2D eigenvalue weighted by atomic mass is 9.92. The number of rotatable bonds is 7. The lowest BCUT2D eigenvalue weighted by molar-refractivity contribution is -0.129. The normalized spacial score (nSPS) is 16.9. The Bertz CT molecular complexity index is 885. The van der Waals surface area contributed by atoms with E-state index in [0.29, 0.717) is 18.5 Å². The van der Waals surface area contributed by atoms with Crippen molar-refractivity contribution in [3.05, 3.63) is 77.1 Å². The molecule has 1 aliphatic heterocycles. The number of phenols is 1. The summed E-state index contributed by atoms with van der Waals surface area (Å²) in [6.07, 6.45) is 0.869. The minimum Gasteiger partial charge on any atom is -0.508 e. The zero-order valence-corrected chi connectivity index (χ0v) is 16.1. The third-order valence-corrected chi connectivity index (χ3v) is 4.89. The summed E-state index contributed by atoms with van der Waals surface area (Å²) < 4.78 is 0. The van der Waals surface area contributed by atoms with Gasteiger partial charge in [0, 0.05) is 13.0 Å². The van der Waals surface area contributed by atoms with Crippen LogP contribution < -0.4 is 0 Å². The summed E-state index contributed by atoms with van der Waals surface area (Å²) in [5, 5.41) is 20.1. The van der Waals surface area contributed by atoms with Gasteiger partial charge in [-0.1, -0.05) is 56.3 Å². The summed E-state index contributed by atoms with van der Waals surface area (Å²) in [7, 11) is 0. The van der Waals surface area contributed by atoms with Crippen LogP contribution in [-0.4, -0.2) is 33.3 Å². The van der Waals surface area contributed by atoms with Gasteiger partial charge in [-0.2, -0.15) is 0 Å². The highest BCUT2D eigenvalue weighted by Crippen LogP contribution is 2.39. The molecule has 1 amide bonds. The first kappa shape index (κ1) is 19.7. The number of nitrogens with zero attached hydrogens (tertiary/aromatic N) is 1. The number of ketones is 1. The van der Waals surface area contributed by atoms with E-state index in [0.717, 1.165) is 5.56 Å². The molecule has 0 saturated carbocycles. The highest BCUT2D eigenvalue weighted by Gasteiger charge is 2.43. The lowest BCUT2D eigenvalue weighted by Gasteiger charge is -2.27. The van der Waals surface area contributed by atoms with Gasteiger partial charge in [0.2, 0.25) is 0 Å². The predicted octanol–water partition coefficient (Wildman–Crippen LogP) is 3.95. The first-order chi connectivity index (χ1) is 13.4. The van der Waals surface area contributed by atoms with Crippen LogP contribution in [0.4, 0.5) is 0 Å². The summed E-state index contributed by atoms with van der Waals surface area (Å²) in [5.41, 5.74) is 1.91. The van der Waals surface area contributed by atoms with Crippen molar-refractivity contribution in [2.75, 3.05) is 6.54 Å². The van der Waals surface area contributed by atoms with Crippen molar-refractivity contribution in [2.45, 2.75) is 32.7 Å². The Labute approximate surface area is 164 Å². The monoisotopic (exact) mass is 379 g/mol. The van der Waals surface area contributed by atoms with Crippen LogP contribution in [0.2, 0.25) is 0 Å². The summed E-state index contributed by atoms with van der Waals surface area (Å²) in [5.74, 6) is -0.993. The molecule has 1 atom stereocenters. The number of phenolic OH excluding ortho intramolecular Hbond substituents is 1. The van der Waals surface area contributed by atoms with E-state index in [4.69, 9.17) is 0 Å². The molecule has 5 heteroatoms. The van der Waals surface area contributed by atoms with Gasteiger partial charge >= 0.3 is 0 Å². The van der Waals surface area contributed by atoms with Crippen LogP contribution in [0.3, 0.4) is 0 Å². The standard InChI is InChI=1S/C23H25NO4/c1-15(2)14-19(26)20-21(17-8-10-18(25)11-9-17)24(23(28)22(20)27)13-12-16-6-4-3-5-7-16/h3-11,15,21,25,27H,12-14H2,1-2H3. The highest BCUT2D eigenvalue weighted by molar-refractivity contribution is 6.09. The van der Waals surface area contributed by atoms with Crippen molar-refractivity contribution in [2.24, 2.45) is 5.92 Å². The Hall–Kier alpha value is -3.08. The second kappa shape index (κ2) is 8.30. The molecule has 146 valence electrons. The molecule has 0 aliphatic carbocycles. The molecule has 5 nitrogen and oxygen atoms in total. The van der Waals surface area contributed by atoms with Crippen LogP contribution in [0.25, 0.3) is 0 Å². The molecule has 2 N–H and O–H groups in total. The zero-order valence-electron chi connectivity index (χ0n) is 16.1. The molecule has 0 saturated heterocycles. The second-order valence-electron chi connectivity index (χ2n) is 7.51. The average Bonchev–Trinajstić information content (AvgIpc) is 2.92. The maximum Gasteiger partial charge on any atom is 0.290 e. The molecule has 1 aliphatic rings. The predicted molar refractivity (Wildman–Crippen MR) is 107 cm³/mol. The van der Waals surface area contributed by atoms with Crippen LogP contribution in [-0.2, 0) is 16.0 Å². The Kier molecular flexibility index (Phi) is 5.83. The van der Waals surface area contributed by atoms with E-state index in [2.05, 4.69) is 0 Å². The van der Waals surface area contributed by atoms with Crippen LogP contribution in [0.5, 0.6) is 5.75 Å². The number of aromatic hydroxyl groups is 1. The number of carbonyl (C=O) groups excluding carboxylic acids is 2. The van der Waals surface area contributed by atoms with Crippen molar-refractivity contribution in [1.29, 1.82) is 0 Å². The lowest BCUT2D eigenvalue weighted by Crippen LogP contribution is -2.33. The fraction of sp³-hybridized carbons (Fsp3) is 0.304. The molecule has 0 spiro atoms. The van der Waals surface area contributed by atoms with E-state index >= 15 is 0 Å². The maximum absolute atomic E-state index is 12.8. The summed E-state index contributed by atoms with van der Waals surface area (Å²) in [4.78, 5) is 27.2. The Morgan fingerprint density at radius 1 is 1.04 bits per heavy atom. The number of Topliss-reactive ketones (excluding diaryl/α,β-unsaturated/α-hetero) is 1. The number of amides is 1. The van der Waals surface area contributed by atoms with Gasteiger partial charge in [-0.15, -0.1) is 0 Å². The summed E-state index contributed by atoms with van der Waals surface area (Å²) in [6.45, 7) is 4.22. The van der Waals surface area contributed by atoms with Crippen molar-refractivity contribution in [3.63, 3.8) is 0 Å². The average molecular weight is 379 g/mol. The summed E-state index contributed by atoms with van der Waals surface area (Å²) >= 11 is 0. The second-order valence-corrected chi connectivity index (χ2v) is 7.51. The molecule has 1 heterocycles. The molecule has 0 radical (unpaired) electrons. The fourth-order valence-corrected chi connectivity index (χ4v) is 3.55. The molecule has 28 heavy (non-hydrogen) atoms. The summed E-state index contributed by atoms with van der Waals surface area (Å²) in [6, 6.07) is 15.5. The Balaban J connectivity index is 1.95. The van der Waals surface area contributed by atoms with E-state index in [-0.39, 0.29) is 29.4 Å². The van der Waals surface area contributed by atoms with Gasteiger partial charge in [0.05, 0.1) is 11.6 Å². The number of carbonyl (C=O) groups is 2. The molecule has 2 aromatic carbocycles. The van der Waals surface area contributed by atoms with Crippen LogP contribution in [0, 0.1) is 5.92 Å². The highest BCUT2D eigenvalue weighted by atomic mass is 16.3. The molecule has 0 bridgehead atoms. The Morgan fingerprint density at radius 3 is 2.29 bits per heavy atom. The molecule has 0 aromatic heterocycles. The number of benzene rings is 2. The van der Waals surface area contributed by atoms with Crippen molar-refractivity contribution in [1.82, 2.24) is 4.90 Å². The van der Waals surface area contributed by atoms with Crippen LogP contribution in [0.15, 0.2) is 65.9 Å². The third-order valence-electron chi connectivity index (χ3n) is 4.89. The number of aliphatic hydroxyl groups is 1. The molecule has 0 fully saturated rings. The molecule has 3 rings (SSSR count). The number of hydrogen-bond acceptors (Lipinski definition) is 4. The quantitative estimate of drug-likeness (QED) is 0.764. The van der Waals surface area contributed by atoms with Gasteiger partial charge in [0.1, 0.15) is 5.75 Å². The first-order valence-electron chi connectivity index (χ1n) is 9.48. The van der Waals surface area contributed by atoms with E-state index < -0.39 is 17.7 Å². The SMILES string of the molecule is CC(C)CC(=O)C1=C(O)C(=O)N(CCc2ccccc2)C1c1ccc(O)cc1. The van der Waals surface area contributed by atoms with Crippen molar-refractivity contribution >= 4 is 11.7 Å². The fourth-order valence-electron chi connectivity index (χ4n) is 3.55. The van der Waals surface area contributed by atoms with Crippen molar-refractivity contribution in [3.8, 4) is 5.75 Å². The molecular weight excluding hydrogens is 354 g/mol. The minimum absolute atomic E-state index is 0.104. The first-order valence-corrected chi connectivity index (χ1v) is 9.48. The van der Waals surface area contributed by atoms with E-state index in [1.807, 2.05) is 44.2 Å².